The summed E-state index contributed by atoms with van der Waals surface area (Å²) in [5, 5.41) is 86.9. The fraction of sp³-hybridized carbons (Fsp3) is 0.542. The molecule has 14 atom stereocenters. The third-order valence-corrected chi connectivity index (χ3v) is 17.8. The molecule has 2 aromatic carbocycles. The zero-order valence-corrected chi connectivity index (χ0v) is 64.4. The zero-order valence-electron chi connectivity index (χ0n) is 64.4. The van der Waals surface area contributed by atoms with E-state index in [0.29, 0.717) is 30.5 Å². The summed E-state index contributed by atoms with van der Waals surface area (Å²) >= 11 is 0. The van der Waals surface area contributed by atoms with Crippen LogP contribution in [0.15, 0.2) is 67.1 Å². The number of nitrogens with one attached hydrogen (secondary N) is 18. The van der Waals surface area contributed by atoms with Gasteiger partial charge in [0.2, 0.25) is 88.6 Å². The lowest BCUT2D eigenvalue weighted by atomic mass is 9.96. The number of hydrogen-bond acceptors (Lipinski definition) is 22. The highest BCUT2D eigenvalue weighted by Gasteiger charge is 2.38. The molecule has 0 spiro atoms. The Morgan fingerprint density at radius 3 is 1.59 bits per heavy atom. The van der Waals surface area contributed by atoms with Crippen LogP contribution >= 0.6 is 0 Å². The Labute approximate surface area is 656 Å². The van der Waals surface area contributed by atoms with Gasteiger partial charge >= 0.3 is 11.9 Å². The van der Waals surface area contributed by atoms with Crippen molar-refractivity contribution in [1.82, 2.24) is 95.0 Å². The number of guanidine groups is 1. The normalized spacial score (nSPS) is 15.7. The third-order valence-electron chi connectivity index (χ3n) is 17.8. The first-order valence-corrected chi connectivity index (χ1v) is 37.0. The molecule has 4 rings (SSSR count). The van der Waals surface area contributed by atoms with Crippen LogP contribution in [0.4, 0.5) is 0 Å². The molecule has 626 valence electrons. The van der Waals surface area contributed by atoms with Gasteiger partial charge in [0, 0.05) is 38.4 Å². The van der Waals surface area contributed by atoms with E-state index in [2.05, 4.69) is 95.0 Å². The number of phenols is 1. The minimum absolute atomic E-state index is 0.0104. The molecule has 0 unspecified atom stereocenters. The molecule has 2 heterocycles. The summed E-state index contributed by atoms with van der Waals surface area (Å²) in [6.45, 7) is 8.38. The second-order valence-corrected chi connectivity index (χ2v) is 27.8. The topological polar surface area (TPSA) is 668 Å². The fourth-order valence-corrected chi connectivity index (χ4v) is 11.4. The van der Waals surface area contributed by atoms with Crippen LogP contribution in [0, 0.1) is 17.2 Å². The van der Waals surface area contributed by atoms with E-state index >= 15 is 0 Å². The molecule has 1 fully saturated rings. The number of rotatable bonds is 49. The number of benzene rings is 2. The van der Waals surface area contributed by atoms with Gasteiger partial charge in [-0.2, -0.15) is 0 Å². The SMILES string of the molecule is CC[C@H](C)[C@H](NC(=O)[C@H](CCC(N)=O)NC(=O)[C@H](CC(=O)O)NC(=O)[C@H](Cc1ccc(O)cc1)NC(=O)[C@@H]1CCCN1)C(=O)N[C@H](C(=O)NCC(=O)N[C@@H](C)C(=O)N[C@@H](Cc1c[nH]cn1)C(=O)NCC(=O)N[C@@H](CC(C)C)C(=O)N[C@@H](CCCNC(=N)N)C(=O)NCC(=O)N[C@@H](Cc1ccccc1)C(=O)N[C@@H](C)C(=O)O)[C@@H](C)O. The molecule has 1 aliphatic rings. The van der Waals surface area contributed by atoms with Crippen LogP contribution in [-0.2, 0) is 101 Å². The number of aromatic amines is 1. The van der Waals surface area contributed by atoms with Crippen molar-refractivity contribution < 1.29 is 102 Å². The number of imidazole rings is 1. The van der Waals surface area contributed by atoms with E-state index in [9.17, 15) is 102 Å². The largest absolute Gasteiger partial charge is 0.508 e. The van der Waals surface area contributed by atoms with E-state index in [0.717, 1.165) is 6.92 Å². The minimum Gasteiger partial charge on any atom is -0.508 e. The molecule has 0 aliphatic carbocycles. The number of aliphatic hydroxyl groups excluding tert-OH is 1. The Hall–Kier alpha value is -12.4. The van der Waals surface area contributed by atoms with E-state index in [1.165, 1.54) is 57.6 Å². The maximum atomic E-state index is 14.2. The number of carboxylic acids is 2. The van der Waals surface area contributed by atoms with Gasteiger partial charge in [0.05, 0.1) is 50.2 Å². The van der Waals surface area contributed by atoms with Gasteiger partial charge in [-0.3, -0.25) is 86.9 Å². The highest BCUT2D eigenvalue weighted by Crippen LogP contribution is 2.16. The first-order chi connectivity index (χ1) is 53.8. The van der Waals surface area contributed by atoms with Gasteiger partial charge in [0.25, 0.3) is 0 Å². The van der Waals surface area contributed by atoms with Crippen molar-refractivity contribution in [2.24, 2.45) is 23.3 Å². The Morgan fingerprint density at radius 1 is 0.535 bits per heavy atom. The molecule has 1 aliphatic heterocycles. The van der Waals surface area contributed by atoms with Crippen molar-refractivity contribution in [3.8, 4) is 5.75 Å². The lowest BCUT2D eigenvalue weighted by molar-refractivity contribution is -0.142. The first-order valence-electron chi connectivity index (χ1n) is 37.0. The Bertz CT molecular complexity index is 3820. The molecule has 0 saturated carbocycles. The molecule has 15 amide bonds. The van der Waals surface area contributed by atoms with E-state index in [1.54, 1.807) is 51.1 Å². The number of aromatic hydroxyl groups is 1. The number of nitrogens with two attached hydrogens (primary N) is 2. The number of aliphatic carboxylic acids is 2. The van der Waals surface area contributed by atoms with Crippen molar-refractivity contribution in [2.75, 3.05) is 32.7 Å². The van der Waals surface area contributed by atoms with Crippen LogP contribution in [-0.4, -0.2) is 248 Å². The number of phenolic OH excluding ortho intramolecular Hbond substituents is 1. The molecule has 42 heteroatoms. The molecular formula is C72H107N21O21. The number of aromatic nitrogens is 2. The summed E-state index contributed by atoms with van der Waals surface area (Å²) < 4.78 is 0. The number of carbonyl (C=O) groups excluding carboxylic acids is 15. The predicted molar refractivity (Wildman–Crippen MR) is 405 cm³/mol. The Kier molecular flexibility index (Phi) is 39.4. The number of H-pyrrole nitrogens is 1. The second kappa shape index (κ2) is 47.8. The van der Waals surface area contributed by atoms with E-state index in [1.807, 2.05) is 0 Å². The zero-order chi connectivity index (χ0) is 84.9. The first kappa shape index (κ1) is 94.0. The summed E-state index contributed by atoms with van der Waals surface area (Å²) in [4.78, 5) is 235. The van der Waals surface area contributed by atoms with Crippen molar-refractivity contribution in [1.29, 1.82) is 5.41 Å². The van der Waals surface area contributed by atoms with Crippen LogP contribution in [0.1, 0.15) is 123 Å². The molecule has 0 radical (unpaired) electrons. The molecular weight excluding hydrogens is 1490 g/mol. The lowest BCUT2D eigenvalue weighted by Gasteiger charge is -2.29. The summed E-state index contributed by atoms with van der Waals surface area (Å²) in [6, 6.07) is -3.31. The maximum absolute atomic E-state index is 14.2. The minimum atomic E-state index is -1.92. The number of carboxylic acid groups (broad SMARTS) is 2. The van der Waals surface area contributed by atoms with Crippen molar-refractivity contribution in [2.45, 2.75) is 204 Å². The summed E-state index contributed by atoms with van der Waals surface area (Å²) in [6.07, 6.45) is -0.353. The van der Waals surface area contributed by atoms with Crippen LogP contribution in [0.2, 0.25) is 0 Å². The van der Waals surface area contributed by atoms with Crippen molar-refractivity contribution in [3.05, 3.63) is 83.9 Å². The highest BCUT2D eigenvalue weighted by molar-refractivity contribution is 6.00. The van der Waals surface area contributed by atoms with E-state index in [-0.39, 0.29) is 74.8 Å². The molecule has 42 nitrogen and oxygen atoms in total. The second-order valence-electron chi connectivity index (χ2n) is 27.8. The van der Waals surface area contributed by atoms with Gasteiger partial charge in [0.15, 0.2) is 5.96 Å². The lowest BCUT2D eigenvalue weighted by Crippen LogP contribution is -2.62. The molecule has 26 N–H and O–H groups in total. The number of carbonyl (C=O) groups is 17. The smallest absolute Gasteiger partial charge is 0.325 e. The predicted octanol–water partition coefficient (Wildman–Crippen LogP) is -6.82. The Balaban J connectivity index is 1.40. The van der Waals surface area contributed by atoms with Gasteiger partial charge in [-0.25, -0.2) is 4.98 Å². The monoisotopic (exact) mass is 1600 g/mol. The van der Waals surface area contributed by atoms with Gasteiger partial charge in [-0.1, -0.05) is 76.6 Å². The maximum Gasteiger partial charge on any atom is 0.325 e. The highest BCUT2D eigenvalue weighted by atomic mass is 16.4. The molecule has 1 aromatic heterocycles. The number of hydrogen-bond donors (Lipinski definition) is 24. The molecule has 0 bridgehead atoms. The molecule has 1 saturated heterocycles. The molecule has 114 heavy (non-hydrogen) atoms. The third kappa shape index (κ3) is 34.1. The van der Waals surface area contributed by atoms with Gasteiger partial charge in [0.1, 0.15) is 72.2 Å². The van der Waals surface area contributed by atoms with E-state index < -0.39 is 224 Å². The summed E-state index contributed by atoms with van der Waals surface area (Å²) in [5.74, 6) is -18.8. The van der Waals surface area contributed by atoms with Crippen LogP contribution in [0.25, 0.3) is 0 Å². The van der Waals surface area contributed by atoms with Crippen molar-refractivity contribution >= 4 is 107 Å². The fourth-order valence-electron chi connectivity index (χ4n) is 11.4. The van der Waals surface area contributed by atoms with Gasteiger partial charge in [-0.05, 0) is 101 Å². The van der Waals surface area contributed by atoms with Crippen LogP contribution < -0.4 is 96.5 Å². The average Bonchev–Trinajstić information content (AvgIpc) is 0.852. The quantitative estimate of drug-likeness (QED) is 0.0142. The number of amides is 15. The van der Waals surface area contributed by atoms with Gasteiger partial charge in [-0.15, -0.1) is 0 Å². The number of nitrogens with zero attached hydrogens (tertiary/aromatic N) is 1. The number of aliphatic hydroxyl groups is 1. The van der Waals surface area contributed by atoms with Gasteiger partial charge < -0.3 is 122 Å². The van der Waals surface area contributed by atoms with E-state index in [4.69, 9.17) is 16.9 Å². The number of primary amides is 1. The summed E-state index contributed by atoms with van der Waals surface area (Å²) in [7, 11) is 0. The molecule has 3 aromatic rings. The van der Waals surface area contributed by atoms with Crippen LogP contribution in [0.3, 0.4) is 0 Å². The standard InChI is InChI=1S/C72H107N21O21/c1-8-37(4)58(92-64(106)47(22-23-53(73)96)88-68(110)52(30-57(100)101)91-67(109)50(28-42-18-20-44(95)21-19-42)90-63(105)45-16-12-24-77-45)70(112)93-59(40(7)94)69(111)81-32-54(97)83-38(5)60(102)89-51(29-43-31-76-35-82-43)62(104)80-34-55(98)85-48(26-36(2)3)66(108)87-46(17-13-25-78-72(74)75)61(103)79-33-56(99)86-49(27-41-14-10-9-11-15-41)65(107)84-39(6)71(113)114/h9-11,14-15,18-21,31,35-40,45-52,58-59,77,94-95H,8,12-13,16-17,22-30,32-34H2,1-7H3,(H2,73,96)(H,76,82)(H,79,103)(H,80,104)(H,81,111)(H,83,97)(H,84,107)(H,85,98)(H,86,99)(H,87,108)(H,88,110)(H,89,102)(H,90,105)(H,91,109)(H,92,106)(H,93,112)(H,100,101)(H,113,114)(H4,74,75,78)/t37-,38-,39-,40+,45-,46-,47-,48-,49-,50-,51-,52-,58-,59-/m0/s1. The van der Waals surface area contributed by atoms with Crippen molar-refractivity contribution in [3.63, 3.8) is 0 Å². The summed E-state index contributed by atoms with van der Waals surface area (Å²) in [5.41, 5.74) is 12.2. The Morgan fingerprint density at radius 2 is 1.04 bits per heavy atom. The van der Waals surface area contributed by atoms with Crippen LogP contribution in [0.5, 0.6) is 5.75 Å². The average molecular weight is 1600 g/mol.